The van der Waals surface area contributed by atoms with Crippen LogP contribution in [0.15, 0.2) is 12.2 Å². The molecule has 0 aromatic carbocycles. The maximum absolute atomic E-state index is 10.4. The van der Waals surface area contributed by atoms with Crippen LogP contribution in [0.25, 0.3) is 0 Å². The predicted molar refractivity (Wildman–Crippen MR) is 76.8 cm³/mol. The molecule has 0 spiro atoms. The molecule has 0 saturated carbocycles. The molecule has 17 heavy (non-hydrogen) atoms. The number of hydrogen-bond acceptors (Lipinski definition) is 2. The van der Waals surface area contributed by atoms with Crippen molar-refractivity contribution < 1.29 is 9.22 Å². The first-order valence-corrected chi connectivity index (χ1v) is 9.45. The fourth-order valence-electron chi connectivity index (χ4n) is 1.32. The van der Waals surface area contributed by atoms with Crippen molar-refractivity contribution in [3.05, 3.63) is 12.2 Å². The van der Waals surface area contributed by atoms with Crippen LogP contribution >= 0.6 is 0 Å². The van der Waals surface area contributed by atoms with Gasteiger partial charge in [-0.2, -0.15) is 0 Å². The molecule has 0 amide bonds. The molecule has 0 heterocycles. The van der Waals surface area contributed by atoms with Crippen molar-refractivity contribution in [2.45, 2.75) is 71.2 Å². The molecule has 0 aromatic rings. The molecule has 0 N–H and O–H groups in total. The van der Waals surface area contributed by atoms with Crippen LogP contribution in [0.3, 0.4) is 0 Å². The van der Waals surface area contributed by atoms with Gasteiger partial charge in [0.2, 0.25) is 0 Å². The Bertz CT molecular complexity index is 251. The lowest BCUT2D eigenvalue weighted by atomic mass is 10.1. The molecule has 0 bridgehead atoms. The largest absolute Gasteiger partial charge is 0.411 e. The molecule has 0 fully saturated rings. The third-order valence-corrected chi connectivity index (χ3v) is 8.00. The molecule has 1 unspecified atom stereocenters. The number of aldehydes is 1. The van der Waals surface area contributed by atoms with Gasteiger partial charge in [-0.3, -0.25) is 4.79 Å². The average molecular weight is 256 g/mol. The number of carbonyl (C=O) groups is 1. The van der Waals surface area contributed by atoms with E-state index in [1.54, 1.807) is 6.08 Å². The highest BCUT2D eigenvalue weighted by atomic mass is 28.4. The van der Waals surface area contributed by atoms with E-state index in [1.807, 2.05) is 6.08 Å². The Hall–Kier alpha value is -0.413. The first-order valence-electron chi connectivity index (χ1n) is 6.54. The van der Waals surface area contributed by atoms with Crippen LogP contribution in [0.4, 0.5) is 0 Å². The molecule has 100 valence electrons. The SMILES string of the molecule is CCCCC(/C=C/C=O)O[Si](C)(C)C(C)(C)C. The van der Waals surface area contributed by atoms with Gasteiger partial charge in [-0.25, -0.2) is 0 Å². The Morgan fingerprint density at radius 2 is 1.88 bits per heavy atom. The van der Waals surface area contributed by atoms with E-state index in [1.165, 1.54) is 0 Å². The van der Waals surface area contributed by atoms with Gasteiger partial charge in [-0.15, -0.1) is 0 Å². The average Bonchev–Trinajstić information content (AvgIpc) is 2.20. The summed E-state index contributed by atoms with van der Waals surface area (Å²) in [6.07, 6.45) is 7.70. The first-order chi connectivity index (χ1) is 7.74. The zero-order valence-corrected chi connectivity index (χ0v) is 13.2. The zero-order chi connectivity index (χ0) is 13.5. The maximum Gasteiger partial charge on any atom is 0.192 e. The number of rotatable bonds is 7. The van der Waals surface area contributed by atoms with E-state index in [0.29, 0.717) is 0 Å². The van der Waals surface area contributed by atoms with Crippen molar-refractivity contribution in [3.63, 3.8) is 0 Å². The third-order valence-electron chi connectivity index (χ3n) is 3.50. The molecule has 1 atom stereocenters. The fraction of sp³-hybridized carbons (Fsp3) is 0.786. The normalized spacial score (nSPS) is 15.2. The van der Waals surface area contributed by atoms with E-state index in [0.717, 1.165) is 25.5 Å². The number of hydrogen-bond donors (Lipinski definition) is 0. The molecule has 3 heteroatoms. The summed E-state index contributed by atoms with van der Waals surface area (Å²) in [6.45, 7) is 13.4. The molecule has 0 aliphatic carbocycles. The van der Waals surface area contributed by atoms with Crippen molar-refractivity contribution in [3.8, 4) is 0 Å². The molecule has 0 rings (SSSR count). The topological polar surface area (TPSA) is 26.3 Å². The Kier molecular flexibility index (Phi) is 6.94. The van der Waals surface area contributed by atoms with E-state index >= 15 is 0 Å². The van der Waals surface area contributed by atoms with Crippen LogP contribution in [-0.2, 0) is 9.22 Å². The smallest absolute Gasteiger partial charge is 0.192 e. The van der Waals surface area contributed by atoms with Crippen LogP contribution in [0, 0.1) is 0 Å². The van der Waals surface area contributed by atoms with Gasteiger partial charge in [0.15, 0.2) is 8.32 Å². The second kappa shape index (κ2) is 7.12. The van der Waals surface area contributed by atoms with Crippen molar-refractivity contribution >= 4 is 14.6 Å². The quantitative estimate of drug-likeness (QED) is 0.385. The summed E-state index contributed by atoms with van der Waals surface area (Å²) in [5.74, 6) is 0. The second-order valence-electron chi connectivity index (χ2n) is 6.08. The van der Waals surface area contributed by atoms with Gasteiger partial charge < -0.3 is 4.43 Å². The molecule has 2 nitrogen and oxygen atoms in total. The molecule has 0 saturated heterocycles. The van der Waals surface area contributed by atoms with E-state index in [-0.39, 0.29) is 11.1 Å². The lowest BCUT2D eigenvalue weighted by Crippen LogP contribution is -2.43. The summed E-state index contributed by atoms with van der Waals surface area (Å²) in [5, 5.41) is 0.215. The van der Waals surface area contributed by atoms with Crippen molar-refractivity contribution in [2.75, 3.05) is 0 Å². The summed E-state index contributed by atoms with van der Waals surface area (Å²) < 4.78 is 6.30. The third kappa shape index (κ3) is 6.17. The van der Waals surface area contributed by atoms with E-state index in [4.69, 9.17) is 4.43 Å². The highest BCUT2D eigenvalue weighted by molar-refractivity contribution is 6.74. The van der Waals surface area contributed by atoms with Gasteiger partial charge in [0.25, 0.3) is 0 Å². The Balaban J connectivity index is 4.61. The summed E-state index contributed by atoms with van der Waals surface area (Å²) in [5.41, 5.74) is 0. The van der Waals surface area contributed by atoms with E-state index in [2.05, 4.69) is 40.8 Å². The van der Waals surface area contributed by atoms with Crippen LogP contribution < -0.4 is 0 Å². The monoisotopic (exact) mass is 256 g/mol. The number of unbranched alkanes of at least 4 members (excludes halogenated alkanes) is 1. The second-order valence-corrected chi connectivity index (χ2v) is 10.8. The summed E-state index contributed by atoms with van der Waals surface area (Å²) in [4.78, 5) is 10.4. The minimum absolute atomic E-state index is 0.0982. The molecular weight excluding hydrogens is 228 g/mol. The maximum atomic E-state index is 10.4. The van der Waals surface area contributed by atoms with Crippen molar-refractivity contribution in [2.24, 2.45) is 0 Å². The van der Waals surface area contributed by atoms with Crippen LogP contribution in [0.5, 0.6) is 0 Å². The Morgan fingerprint density at radius 3 is 2.29 bits per heavy atom. The highest BCUT2D eigenvalue weighted by Crippen LogP contribution is 2.37. The lowest BCUT2D eigenvalue weighted by Gasteiger charge is -2.38. The minimum atomic E-state index is -1.74. The zero-order valence-electron chi connectivity index (χ0n) is 12.2. The van der Waals surface area contributed by atoms with Gasteiger partial charge >= 0.3 is 0 Å². The van der Waals surface area contributed by atoms with Crippen LogP contribution in [0.1, 0.15) is 47.0 Å². The Labute approximate surface area is 108 Å². The van der Waals surface area contributed by atoms with Crippen molar-refractivity contribution in [1.29, 1.82) is 0 Å². The molecule has 0 aromatic heterocycles. The fourth-order valence-corrected chi connectivity index (χ4v) is 2.63. The van der Waals surface area contributed by atoms with Gasteiger partial charge in [-0.1, -0.05) is 46.6 Å². The van der Waals surface area contributed by atoms with Crippen molar-refractivity contribution in [1.82, 2.24) is 0 Å². The highest BCUT2D eigenvalue weighted by Gasteiger charge is 2.38. The lowest BCUT2D eigenvalue weighted by molar-refractivity contribution is -0.104. The van der Waals surface area contributed by atoms with Gasteiger partial charge in [0.1, 0.15) is 6.29 Å². The minimum Gasteiger partial charge on any atom is -0.411 e. The first kappa shape index (κ1) is 16.6. The van der Waals surface area contributed by atoms with Crippen LogP contribution in [0.2, 0.25) is 18.1 Å². The van der Waals surface area contributed by atoms with Crippen LogP contribution in [-0.4, -0.2) is 20.7 Å². The molecule has 0 aliphatic heterocycles. The van der Waals surface area contributed by atoms with Gasteiger partial charge in [-0.05, 0) is 30.6 Å². The number of carbonyl (C=O) groups excluding carboxylic acids is 1. The molecule has 0 aliphatic rings. The van der Waals surface area contributed by atoms with E-state index in [9.17, 15) is 4.79 Å². The molecule has 0 radical (unpaired) electrons. The van der Waals surface area contributed by atoms with E-state index < -0.39 is 8.32 Å². The Morgan fingerprint density at radius 1 is 1.29 bits per heavy atom. The summed E-state index contributed by atoms with van der Waals surface area (Å²) >= 11 is 0. The number of allylic oxidation sites excluding steroid dienone is 1. The standard InChI is InChI=1S/C14H28O2Si/c1-7-8-10-13(11-9-12-15)16-17(5,6)14(2,3)4/h9,11-13H,7-8,10H2,1-6H3/b11-9+. The van der Waals surface area contributed by atoms with Gasteiger partial charge in [0.05, 0.1) is 6.10 Å². The molecular formula is C14H28O2Si. The summed E-state index contributed by atoms with van der Waals surface area (Å²) in [7, 11) is -1.74. The summed E-state index contributed by atoms with van der Waals surface area (Å²) in [6, 6.07) is 0. The van der Waals surface area contributed by atoms with Gasteiger partial charge in [0, 0.05) is 0 Å². The predicted octanol–water partition coefficient (Wildman–Crippen LogP) is 4.32.